The normalized spacial score (nSPS) is 10.1. The minimum Gasteiger partial charge on any atom is -0.489 e. The second-order valence-corrected chi connectivity index (χ2v) is 3.53. The summed E-state index contributed by atoms with van der Waals surface area (Å²) in [5.74, 6) is -0.217. The van der Waals surface area contributed by atoms with Crippen molar-refractivity contribution in [3.05, 3.63) is 24.0 Å². The van der Waals surface area contributed by atoms with Crippen LogP contribution < -0.4 is 9.64 Å². The summed E-state index contributed by atoms with van der Waals surface area (Å²) >= 11 is 0. The third-order valence-corrected chi connectivity index (χ3v) is 2.30. The standard InChI is InChI=1S/C12H16FNO3/c1-9(15)14(2)11-5-4-10(13)8-12(11)17-7-6-16-3/h4-5,8H,6-7H2,1-3H3. The Kier molecular flexibility index (Phi) is 4.90. The van der Waals surface area contributed by atoms with Crippen molar-refractivity contribution in [2.24, 2.45) is 0 Å². The number of carbonyl (C=O) groups excluding carboxylic acids is 1. The molecule has 0 fully saturated rings. The lowest BCUT2D eigenvalue weighted by Gasteiger charge is -2.19. The molecular formula is C12H16FNO3. The zero-order valence-corrected chi connectivity index (χ0v) is 10.2. The van der Waals surface area contributed by atoms with Gasteiger partial charge in [-0.1, -0.05) is 0 Å². The maximum atomic E-state index is 13.1. The molecule has 0 radical (unpaired) electrons. The first kappa shape index (κ1) is 13.4. The van der Waals surface area contributed by atoms with Crippen LogP contribution in [-0.2, 0) is 9.53 Å². The molecule has 0 unspecified atom stereocenters. The number of benzene rings is 1. The van der Waals surface area contributed by atoms with Gasteiger partial charge in [0.2, 0.25) is 5.91 Å². The van der Waals surface area contributed by atoms with Gasteiger partial charge in [0.25, 0.3) is 0 Å². The highest BCUT2D eigenvalue weighted by Crippen LogP contribution is 2.28. The van der Waals surface area contributed by atoms with Crippen LogP contribution in [0.1, 0.15) is 6.92 Å². The summed E-state index contributed by atoms with van der Waals surface area (Å²) in [6.45, 7) is 2.14. The number of hydrogen-bond donors (Lipinski definition) is 0. The lowest BCUT2D eigenvalue weighted by atomic mass is 10.2. The molecule has 0 saturated heterocycles. The number of halogens is 1. The Morgan fingerprint density at radius 1 is 1.41 bits per heavy atom. The van der Waals surface area contributed by atoms with Crippen LogP contribution in [0.15, 0.2) is 18.2 Å². The molecule has 0 aliphatic carbocycles. The van der Waals surface area contributed by atoms with Crippen molar-refractivity contribution in [1.29, 1.82) is 0 Å². The molecule has 1 aromatic rings. The van der Waals surface area contributed by atoms with Crippen molar-refractivity contribution >= 4 is 11.6 Å². The van der Waals surface area contributed by atoms with Crippen molar-refractivity contribution < 1.29 is 18.7 Å². The fourth-order valence-corrected chi connectivity index (χ4v) is 1.29. The van der Waals surface area contributed by atoms with E-state index in [-0.39, 0.29) is 5.91 Å². The molecule has 1 aromatic carbocycles. The van der Waals surface area contributed by atoms with Crippen LogP contribution in [0.2, 0.25) is 0 Å². The van der Waals surface area contributed by atoms with E-state index in [2.05, 4.69) is 0 Å². The monoisotopic (exact) mass is 241 g/mol. The SMILES string of the molecule is COCCOc1cc(F)ccc1N(C)C(C)=O. The molecule has 0 bridgehead atoms. The molecule has 0 spiro atoms. The minimum atomic E-state index is -0.405. The summed E-state index contributed by atoms with van der Waals surface area (Å²) in [6.07, 6.45) is 0. The highest BCUT2D eigenvalue weighted by atomic mass is 19.1. The molecule has 1 rings (SSSR count). The van der Waals surface area contributed by atoms with Crippen LogP contribution in [0.5, 0.6) is 5.75 Å². The summed E-state index contributed by atoms with van der Waals surface area (Å²) in [6, 6.07) is 4.06. The van der Waals surface area contributed by atoms with Gasteiger partial charge in [-0.05, 0) is 12.1 Å². The average molecular weight is 241 g/mol. The Morgan fingerprint density at radius 2 is 2.12 bits per heavy atom. The van der Waals surface area contributed by atoms with Gasteiger partial charge in [-0.2, -0.15) is 0 Å². The number of anilines is 1. The average Bonchev–Trinajstić information content (AvgIpc) is 2.28. The molecule has 0 aliphatic rings. The van der Waals surface area contributed by atoms with Crippen LogP contribution in [0.3, 0.4) is 0 Å². The molecule has 17 heavy (non-hydrogen) atoms. The maximum absolute atomic E-state index is 13.1. The van der Waals surface area contributed by atoms with Gasteiger partial charge in [0.15, 0.2) is 0 Å². The summed E-state index contributed by atoms with van der Waals surface area (Å²) in [5.41, 5.74) is 0.537. The number of nitrogens with zero attached hydrogens (tertiary/aromatic N) is 1. The third-order valence-electron chi connectivity index (χ3n) is 2.30. The number of ether oxygens (including phenoxy) is 2. The fraction of sp³-hybridized carbons (Fsp3) is 0.417. The van der Waals surface area contributed by atoms with Crippen LogP contribution in [0.4, 0.5) is 10.1 Å². The Morgan fingerprint density at radius 3 is 2.71 bits per heavy atom. The van der Waals surface area contributed by atoms with E-state index in [1.54, 1.807) is 14.2 Å². The van der Waals surface area contributed by atoms with Crippen molar-refractivity contribution in [2.45, 2.75) is 6.92 Å². The molecule has 0 aromatic heterocycles. The van der Waals surface area contributed by atoms with E-state index in [1.165, 1.54) is 30.0 Å². The van der Waals surface area contributed by atoms with Crippen LogP contribution in [-0.4, -0.2) is 33.3 Å². The van der Waals surface area contributed by atoms with E-state index in [0.717, 1.165) is 0 Å². The van der Waals surface area contributed by atoms with Gasteiger partial charge in [-0.3, -0.25) is 4.79 Å². The smallest absolute Gasteiger partial charge is 0.223 e. The van der Waals surface area contributed by atoms with E-state index in [1.807, 2.05) is 0 Å². The van der Waals surface area contributed by atoms with E-state index in [0.29, 0.717) is 24.7 Å². The fourth-order valence-electron chi connectivity index (χ4n) is 1.29. The van der Waals surface area contributed by atoms with Crippen LogP contribution in [0.25, 0.3) is 0 Å². The minimum absolute atomic E-state index is 0.145. The van der Waals surface area contributed by atoms with Crippen LogP contribution in [0, 0.1) is 5.82 Å². The summed E-state index contributed by atoms with van der Waals surface area (Å²) in [5, 5.41) is 0. The van der Waals surface area contributed by atoms with E-state index in [9.17, 15) is 9.18 Å². The van der Waals surface area contributed by atoms with E-state index < -0.39 is 5.82 Å². The Labute approximate surface area is 99.9 Å². The van der Waals surface area contributed by atoms with Crippen molar-refractivity contribution in [2.75, 3.05) is 32.3 Å². The predicted molar refractivity (Wildman–Crippen MR) is 62.9 cm³/mol. The van der Waals surface area contributed by atoms with Gasteiger partial charge in [-0.25, -0.2) is 4.39 Å². The molecule has 0 N–H and O–H groups in total. The van der Waals surface area contributed by atoms with Crippen LogP contribution >= 0.6 is 0 Å². The first-order valence-corrected chi connectivity index (χ1v) is 5.22. The molecule has 94 valence electrons. The van der Waals surface area contributed by atoms with Crippen molar-refractivity contribution in [3.63, 3.8) is 0 Å². The van der Waals surface area contributed by atoms with Gasteiger partial charge in [-0.15, -0.1) is 0 Å². The number of methoxy groups -OCH3 is 1. The molecule has 4 nitrogen and oxygen atoms in total. The molecular weight excluding hydrogens is 225 g/mol. The first-order chi connectivity index (χ1) is 8.06. The molecule has 0 atom stereocenters. The Hall–Kier alpha value is -1.62. The topological polar surface area (TPSA) is 38.8 Å². The highest BCUT2D eigenvalue weighted by molar-refractivity contribution is 5.92. The lowest BCUT2D eigenvalue weighted by Crippen LogP contribution is -2.23. The molecule has 5 heteroatoms. The Bertz CT molecular complexity index is 395. The van der Waals surface area contributed by atoms with Gasteiger partial charge >= 0.3 is 0 Å². The second kappa shape index (κ2) is 6.20. The first-order valence-electron chi connectivity index (χ1n) is 5.22. The largest absolute Gasteiger partial charge is 0.489 e. The Balaban J connectivity index is 2.91. The summed E-state index contributed by atoms with van der Waals surface area (Å²) < 4.78 is 23.3. The van der Waals surface area contributed by atoms with Gasteiger partial charge in [0.05, 0.1) is 12.3 Å². The molecule has 0 heterocycles. The predicted octanol–water partition coefficient (Wildman–Crippen LogP) is 1.83. The van der Waals surface area contributed by atoms with Gasteiger partial charge in [0, 0.05) is 27.1 Å². The quantitative estimate of drug-likeness (QED) is 0.738. The molecule has 1 amide bonds. The van der Waals surface area contributed by atoms with Gasteiger partial charge in [0.1, 0.15) is 18.2 Å². The second-order valence-electron chi connectivity index (χ2n) is 3.53. The van der Waals surface area contributed by atoms with E-state index >= 15 is 0 Å². The zero-order chi connectivity index (χ0) is 12.8. The molecule has 0 aliphatic heterocycles. The number of carbonyl (C=O) groups is 1. The molecule has 0 saturated carbocycles. The van der Waals surface area contributed by atoms with Gasteiger partial charge < -0.3 is 14.4 Å². The number of hydrogen-bond acceptors (Lipinski definition) is 3. The zero-order valence-electron chi connectivity index (χ0n) is 10.2. The van der Waals surface area contributed by atoms with Crippen molar-refractivity contribution in [1.82, 2.24) is 0 Å². The summed E-state index contributed by atoms with van der Waals surface area (Å²) in [7, 11) is 3.16. The highest BCUT2D eigenvalue weighted by Gasteiger charge is 2.12. The van der Waals surface area contributed by atoms with E-state index in [4.69, 9.17) is 9.47 Å². The summed E-state index contributed by atoms with van der Waals surface area (Å²) in [4.78, 5) is 12.7. The lowest BCUT2D eigenvalue weighted by molar-refractivity contribution is -0.116. The number of amides is 1. The number of rotatable bonds is 5. The third kappa shape index (κ3) is 3.71. The van der Waals surface area contributed by atoms with Crippen molar-refractivity contribution in [3.8, 4) is 5.75 Å². The maximum Gasteiger partial charge on any atom is 0.223 e.